The minimum Gasteiger partial charge on any atom is -0.396 e. The van der Waals surface area contributed by atoms with Gasteiger partial charge in [-0.05, 0) is 36.5 Å². The number of amides is 1. The van der Waals surface area contributed by atoms with Crippen LogP contribution in [0.1, 0.15) is 48.9 Å². The van der Waals surface area contributed by atoms with E-state index in [9.17, 15) is 9.90 Å². The number of hydrogen-bond acceptors (Lipinski definition) is 4. The summed E-state index contributed by atoms with van der Waals surface area (Å²) in [5, 5.41) is 23.0. The molecule has 1 saturated carbocycles. The van der Waals surface area contributed by atoms with Crippen molar-refractivity contribution in [2.24, 2.45) is 11.8 Å². The lowest BCUT2D eigenvalue weighted by molar-refractivity contribution is 0.0933. The van der Waals surface area contributed by atoms with Crippen molar-refractivity contribution in [3.8, 4) is 0 Å². The van der Waals surface area contributed by atoms with Gasteiger partial charge in [-0.15, -0.1) is 0 Å². The number of aromatic nitrogens is 3. The summed E-state index contributed by atoms with van der Waals surface area (Å²) in [4.78, 5) is 12.3. The highest BCUT2D eigenvalue weighted by Gasteiger charge is 2.19. The van der Waals surface area contributed by atoms with E-state index in [4.69, 9.17) is 0 Å². The van der Waals surface area contributed by atoms with Crippen molar-refractivity contribution in [3.63, 3.8) is 0 Å². The minimum absolute atomic E-state index is 0.124. The van der Waals surface area contributed by atoms with Crippen LogP contribution in [0.25, 0.3) is 11.0 Å². The average molecular weight is 316 g/mol. The summed E-state index contributed by atoms with van der Waals surface area (Å²) in [6.07, 6.45) is 7.45. The van der Waals surface area contributed by atoms with E-state index in [1.54, 1.807) is 18.2 Å². The molecular formula is C17H24N4O2. The molecule has 0 unspecified atom stereocenters. The van der Waals surface area contributed by atoms with Crippen molar-refractivity contribution in [1.82, 2.24) is 20.7 Å². The number of H-pyrrole nitrogens is 1. The standard InChI is InChI=1S/C17H24N4O2/c22-11-13(8-12-4-2-1-3-5-12)10-18-17(23)14-6-7-15-16(9-14)20-21-19-15/h6-7,9,12-13,22H,1-5,8,10-11H2,(H,18,23)(H,19,20,21)/t13-/m0/s1. The van der Waals surface area contributed by atoms with E-state index in [2.05, 4.69) is 20.7 Å². The van der Waals surface area contributed by atoms with Crippen molar-refractivity contribution in [1.29, 1.82) is 0 Å². The van der Waals surface area contributed by atoms with Crippen LogP contribution in [0.4, 0.5) is 0 Å². The Balaban J connectivity index is 1.53. The Labute approximate surface area is 135 Å². The van der Waals surface area contributed by atoms with Crippen molar-refractivity contribution in [2.75, 3.05) is 13.2 Å². The molecule has 0 aliphatic heterocycles. The van der Waals surface area contributed by atoms with E-state index < -0.39 is 0 Å². The molecule has 1 aliphatic carbocycles. The first kappa shape index (κ1) is 15.9. The molecule has 1 aliphatic rings. The van der Waals surface area contributed by atoms with Crippen molar-refractivity contribution in [3.05, 3.63) is 23.8 Å². The summed E-state index contributed by atoms with van der Waals surface area (Å²) in [7, 11) is 0. The Hall–Kier alpha value is -1.95. The molecule has 1 aromatic heterocycles. The molecule has 1 aromatic carbocycles. The molecule has 6 heteroatoms. The Bertz CT molecular complexity index is 649. The summed E-state index contributed by atoms with van der Waals surface area (Å²) >= 11 is 0. The lowest BCUT2D eigenvalue weighted by Crippen LogP contribution is -2.32. The quantitative estimate of drug-likeness (QED) is 0.762. The summed E-state index contributed by atoms with van der Waals surface area (Å²) in [5.74, 6) is 0.708. The fourth-order valence-corrected chi connectivity index (χ4v) is 3.44. The monoisotopic (exact) mass is 316 g/mol. The van der Waals surface area contributed by atoms with Crippen LogP contribution in [0.15, 0.2) is 18.2 Å². The van der Waals surface area contributed by atoms with Gasteiger partial charge in [-0.25, -0.2) is 0 Å². The lowest BCUT2D eigenvalue weighted by atomic mass is 9.83. The second kappa shape index (κ2) is 7.55. The largest absolute Gasteiger partial charge is 0.396 e. The third kappa shape index (κ3) is 4.07. The number of hydrogen-bond donors (Lipinski definition) is 3. The number of carbonyl (C=O) groups excluding carboxylic acids is 1. The number of nitrogens with zero attached hydrogens (tertiary/aromatic N) is 2. The second-order valence-corrected chi connectivity index (χ2v) is 6.53. The Kier molecular flexibility index (Phi) is 5.23. The zero-order valence-electron chi connectivity index (χ0n) is 13.3. The topological polar surface area (TPSA) is 90.9 Å². The van der Waals surface area contributed by atoms with Gasteiger partial charge in [0, 0.05) is 18.7 Å². The highest BCUT2D eigenvalue weighted by Crippen LogP contribution is 2.28. The number of benzene rings is 1. The fourth-order valence-electron chi connectivity index (χ4n) is 3.44. The van der Waals surface area contributed by atoms with Crippen LogP contribution in [0.3, 0.4) is 0 Å². The van der Waals surface area contributed by atoms with Crippen LogP contribution in [0.2, 0.25) is 0 Å². The summed E-state index contributed by atoms with van der Waals surface area (Å²) in [5.41, 5.74) is 1.99. The van der Waals surface area contributed by atoms with Gasteiger partial charge in [-0.1, -0.05) is 32.1 Å². The first-order chi connectivity index (χ1) is 11.3. The molecule has 6 nitrogen and oxygen atoms in total. The SMILES string of the molecule is O=C(NC[C@@H](CO)CC1CCCCC1)c1ccc2n[nH]nc2c1. The first-order valence-electron chi connectivity index (χ1n) is 8.46. The molecule has 3 rings (SSSR count). The highest BCUT2D eigenvalue weighted by molar-refractivity contribution is 5.97. The van der Waals surface area contributed by atoms with Gasteiger partial charge in [-0.2, -0.15) is 15.4 Å². The zero-order chi connectivity index (χ0) is 16.1. The number of rotatable bonds is 6. The third-order valence-corrected chi connectivity index (χ3v) is 4.78. The molecule has 1 heterocycles. The Morgan fingerprint density at radius 3 is 2.83 bits per heavy atom. The minimum atomic E-state index is -0.128. The maximum atomic E-state index is 12.3. The van der Waals surface area contributed by atoms with Crippen molar-refractivity contribution >= 4 is 16.9 Å². The molecule has 124 valence electrons. The summed E-state index contributed by atoms with van der Waals surface area (Å²) in [6.45, 7) is 0.641. The molecule has 0 saturated heterocycles. The molecular weight excluding hydrogens is 292 g/mol. The van der Waals surface area contributed by atoms with Crippen LogP contribution >= 0.6 is 0 Å². The lowest BCUT2D eigenvalue weighted by Gasteiger charge is -2.25. The van der Waals surface area contributed by atoms with Crippen molar-refractivity contribution in [2.45, 2.75) is 38.5 Å². The van der Waals surface area contributed by atoms with E-state index in [0.29, 0.717) is 23.5 Å². The van der Waals surface area contributed by atoms with Crippen molar-refractivity contribution < 1.29 is 9.90 Å². The van der Waals surface area contributed by atoms with E-state index in [-0.39, 0.29) is 18.4 Å². The number of carbonyl (C=O) groups is 1. The molecule has 23 heavy (non-hydrogen) atoms. The zero-order valence-corrected chi connectivity index (χ0v) is 13.3. The number of aromatic amines is 1. The number of nitrogens with one attached hydrogen (secondary N) is 2. The van der Waals surface area contributed by atoms with Crippen LogP contribution in [0.5, 0.6) is 0 Å². The van der Waals surface area contributed by atoms with Gasteiger partial charge in [0.25, 0.3) is 5.91 Å². The second-order valence-electron chi connectivity index (χ2n) is 6.53. The van der Waals surface area contributed by atoms with Gasteiger partial charge in [0.2, 0.25) is 0 Å². The van der Waals surface area contributed by atoms with Crippen LogP contribution in [-0.4, -0.2) is 39.6 Å². The molecule has 2 aromatic rings. The Morgan fingerprint density at radius 1 is 1.26 bits per heavy atom. The summed E-state index contributed by atoms with van der Waals surface area (Å²) in [6, 6.07) is 5.25. The van der Waals surface area contributed by atoms with Gasteiger partial charge >= 0.3 is 0 Å². The molecule has 1 atom stereocenters. The maximum Gasteiger partial charge on any atom is 0.251 e. The molecule has 3 N–H and O–H groups in total. The normalized spacial score (nSPS) is 17.3. The molecule has 0 bridgehead atoms. The van der Waals surface area contributed by atoms with E-state index in [0.717, 1.165) is 11.9 Å². The summed E-state index contributed by atoms with van der Waals surface area (Å²) < 4.78 is 0. The molecule has 1 fully saturated rings. The van der Waals surface area contributed by atoms with Gasteiger partial charge in [0.05, 0.1) is 0 Å². The highest BCUT2D eigenvalue weighted by atomic mass is 16.3. The van der Waals surface area contributed by atoms with E-state index in [1.165, 1.54) is 32.1 Å². The number of fused-ring (bicyclic) bond motifs is 1. The van der Waals surface area contributed by atoms with Gasteiger partial charge < -0.3 is 10.4 Å². The number of aliphatic hydroxyl groups is 1. The first-order valence-corrected chi connectivity index (χ1v) is 8.46. The van der Waals surface area contributed by atoms with Gasteiger partial charge in [-0.3, -0.25) is 4.79 Å². The van der Waals surface area contributed by atoms with Crippen LogP contribution in [0, 0.1) is 11.8 Å². The Morgan fingerprint density at radius 2 is 2.04 bits per heavy atom. The molecule has 0 radical (unpaired) electrons. The third-order valence-electron chi connectivity index (χ3n) is 4.78. The smallest absolute Gasteiger partial charge is 0.251 e. The number of aliphatic hydroxyl groups excluding tert-OH is 1. The maximum absolute atomic E-state index is 12.3. The predicted molar refractivity (Wildman–Crippen MR) is 88.0 cm³/mol. The fraction of sp³-hybridized carbons (Fsp3) is 0.588. The molecule has 0 spiro atoms. The van der Waals surface area contributed by atoms with E-state index in [1.807, 2.05) is 0 Å². The molecule has 1 amide bonds. The average Bonchev–Trinajstić information content (AvgIpc) is 3.06. The van der Waals surface area contributed by atoms with Gasteiger partial charge in [0.1, 0.15) is 11.0 Å². The van der Waals surface area contributed by atoms with Crippen LogP contribution in [-0.2, 0) is 0 Å². The van der Waals surface area contributed by atoms with Gasteiger partial charge in [0.15, 0.2) is 0 Å². The van der Waals surface area contributed by atoms with Crippen LogP contribution < -0.4 is 5.32 Å². The van der Waals surface area contributed by atoms with E-state index >= 15 is 0 Å². The predicted octanol–water partition coefficient (Wildman–Crippen LogP) is 2.27.